The van der Waals surface area contributed by atoms with Crippen molar-refractivity contribution >= 4 is 5.91 Å². The number of hydrogen-bond donors (Lipinski definition) is 3. The van der Waals surface area contributed by atoms with E-state index in [0.717, 1.165) is 37.2 Å². The van der Waals surface area contributed by atoms with Crippen LogP contribution in [0.2, 0.25) is 0 Å². The molecule has 2 heterocycles. The van der Waals surface area contributed by atoms with Crippen LogP contribution < -0.4 is 0 Å². The molecule has 7 nitrogen and oxygen atoms in total. The molecule has 0 saturated carbocycles. The van der Waals surface area contributed by atoms with Crippen LogP contribution in [0.5, 0.6) is 0 Å². The molecule has 0 aromatic carbocycles. The first-order valence-corrected chi connectivity index (χ1v) is 8.42. The van der Waals surface area contributed by atoms with Crippen LogP contribution in [0.3, 0.4) is 0 Å². The van der Waals surface area contributed by atoms with Crippen LogP contribution >= 0.6 is 0 Å². The molecule has 24 heavy (non-hydrogen) atoms. The monoisotopic (exact) mass is 341 g/mol. The first-order chi connectivity index (χ1) is 11.4. The molecule has 0 bridgehead atoms. The topological polar surface area (TPSA) is 99.5 Å². The summed E-state index contributed by atoms with van der Waals surface area (Å²) in [5, 5.41) is 31.8. The van der Waals surface area contributed by atoms with Crippen LogP contribution in [0.1, 0.15) is 45.4 Å². The summed E-state index contributed by atoms with van der Waals surface area (Å²) in [4.78, 5) is 17.2. The second kappa shape index (κ2) is 7.65. The standard InChI is InChI=1S/C17H27NO6/c1-4-5-6-7-8-9-12-17(22,10-19)15(20)13-14(24-12)11(2)18(23-3)16(13)21/h12,15,19-20,22H,2,4-10H2,1,3H3/t12-,15-,17-/m0/s1. The first kappa shape index (κ1) is 18.9. The summed E-state index contributed by atoms with van der Waals surface area (Å²) in [7, 11) is 1.30. The van der Waals surface area contributed by atoms with Gasteiger partial charge in [0.15, 0.2) is 11.4 Å². The minimum Gasteiger partial charge on any atom is -0.484 e. The van der Waals surface area contributed by atoms with E-state index in [1.165, 1.54) is 7.11 Å². The van der Waals surface area contributed by atoms with Crippen LogP contribution in [0.4, 0.5) is 0 Å². The predicted molar refractivity (Wildman–Crippen MR) is 86.3 cm³/mol. The van der Waals surface area contributed by atoms with Crippen molar-refractivity contribution < 1.29 is 29.7 Å². The van der Waals surface area contributed by atoms with Gasteiger partial charge in [-0.3, -0.25) is 9.63 Å². The number of carbonyl (C=O) groups is 1. The highest BCUT2D eigenvalue weighted by Gasteiger charge is 2.56. The molecule has 0 fully saturated rings. The Morgan fingerprint density at radius 2 is 2.00 bits per heavy atom. The molecule has 0 radical (unpaired) electrons. The molecule has 0 aromatic rings. The summed E-state index contributed by atoms with van der Waals surface area (Å²) >= 11 is 0. The lowest BCUT2D eigenvalue weighted by Crippen LogP contribution is -2.59. The summed E-state index contributed by atoms with van der Waals surface area (Å²) in [6.07, 6.45) is 3.20. The van der Waals surface area contributed by atoms with Crippen molar-refractivity contribution in [3.63, 3.8) is 0 Å². The molecule has 0 aliphatic carbocycles. The average Bonchev–Trinajstić information content (AvgIpc) is 2.81. The number of hydroxylamine groups is 2. The smallest absolute Gasteiger partial charge is 0.284 e. The van der Waals surface area contributed by atoms with Crippen molar-refractivity contribution in [2.75, 3.05) is 13.7 Å². The quantitative estimate of drug-likeness (QED) is 0.570. The van der Waals surface area contributed by atoms with Gasteiger partial charge >= 0.3 is 0 Å². The summed E-state index contributed by atoms with van der Waals surface area (Å²) in [5.74, 6) is -0.510. The van der Waals surface area contributed by atoms with E-state index in [2.05, 4.69) is 13.5 Å². The Morgan fingerprint density at radius 3 is 2.58 bits per heavy atom. The number of nitrogens with zero attached hydrogens (tertiary/aromatic N) is 1. The van der Waals surface area contributed by atoms with E-state index >= 15 is 0 Å². The molecule has 0 unspecified atom stereocenters. The van der Waals surface area contributed by atoms with Crippen LogP contribution in [0, 0.1) is 0 Å². The molecule has 3 N–H and O–H groups in total. The predicted octanol–water partition coefficient (Wildman–Crippen LogP) is 1.00. The maximum atomic E-state index is 12.3. The van der Waals surface area contributed by atoms with Crippen molar-refractivity contribution in [1.29, 1.82) is 0 Å². The van der Waals surface area contributed by atoms with Gasteiger partial charge in [-0.25, -0.2) is 0 Å². The number of unbranched alkanes of at least 4 members (excludes halogenated alkanes) is 4. The number of hydrogen-bond acceptors (Lipinski definition) is 6. The average molecular weight is 341 g/mol. The fourth-order valence-corrected chi connectivity index (χ4v) is 3.24. The Labute approximate surface area is 142 Å². The fraction of sp³-hybridized carbons (Fsp3) is 0.706. The van der Waals surface area contributed by atoms with Gasteiger partial charge in [-0.2, -0.15) is 5.06 Å². The molecular weight excluding hydrogens is 314 g/mol. The van der Waals surface area contributed by atoms with Crippen molar-refractivity contribution in [3.05, 3.63) is 23.6 Å². The van der Waals surface area contributed by atoms with Gasteiger partial charge in [0.1, 0.15) is 17.9 Å². The molecule has 3 atom stereocenters. The Balaban J connectivity index is 2.18. The van der Waals surface area contributed by atoms with Gasteiger partial charge in [-0.15, -0.1) is 0 Å². The summed E-state index contributed by atoms with van der Waals surface area (Å²) in [5.41, 5.74) is -1.86. The van der Waals surface area contributed by atoms with Crippen LogP contribution in [-0.2, 0) is 14.4 Å². The maximum absolute atomic E-state index is 12.3. The van der Waals surface area contributed by atoms with Gasteiger partial charge in [-0.05, 0) is 12.8 Å². The fourth-order valence-electron chi connectivity index (χ4n) is 3.24. The van der Waals surface area contributed by atoms with Gasteiger partial charge in [0, 0.05) is 0 Å². The van der Waals surface area contributed by atoms with E-state index in [4.69, 9.17) is 9.57 Å². The Bertz CT molecular complexity index is 531. The molecule has 136 valence electrons. The minimum absolute atomic E-state index is 0.124. The van der Waals surface area contributed by atoms with E-state index in [1.807, 2.05) is 0 Å². The first-order valence-electron chi connectivity index (χ1n) is 8.42. The molecule has 1 amide bonds. The number of amides is 1. The second-order valence-electron chi connectivity index (χ2n) is 6.33. The van der Waals surface area contributed by atoms with Crippen LogP contribution in [0.25, 0.3) is 0 Å². The third-order valence-corrected chi connectivity index (χ3v) is 4.74. The third-order valence-electron chi connectivity index (χ3n) is 4.74. The van der Waals surface area contributed by atoms with E-state index in [0.29, 0.717) is 6.42 Å². The van der Waals surface area contributed by atoms with Gasteiger partial charge in [0.05, 0.1) is 19.3 Å². The Morgan fingerprint density at radius 1 is 1.33 bits per heavy atom. The van der Waals surface area contributed by atoms with Gasteiger partial charge in [0.2, 0.25) is 0 Å². The van der Waals surface area contributed by atoms with Crippen LogP contribution in [-0.4, -0.2) is 57.8 Å². The summed E-state index contributed by atoms with van der Waals surface area (Å²) < 4.78 is 5.78. The Hall–Kier alpha value is -1.41. The molecular formula is C17H27NO6. The minimum atomic E-state index is -1.93. The number of aliphatic hydroxyl groups is 3. The highest BCUT2D eigenvalue weighted by atomic mass is 16.7. The third kappa shape index (κ3) is 3.09. The molecule has 0 aromatic heterocycles. The second-order valence-corrected chi connectivity index (χ2v) is 6.33. The maximum Gasteiger partial charge on any atom is 0.284 e. The molecule has 0 saturated heterocycles. The highest BCUT2D eigenvalue weighted by Crippen LogP contribution is 2.42. The van der Waals surface area contributed by atoms with E-state index in [-0.39, 0.29) is 17.0 Å². The lowest BCUT2D eigenvalue weighted by molar-refractivity contribution is -0.179. The lowest BCUT2D eigenvalue weighted by Gasteiger charge is -2.42. The number of aliphatic hydroxyl groups excluding tert-OH is 2. The zero-order chi connectivity index (χ0) is 17.9. The summed E-state index contributed by atoms with van der Waals surface area (Å²) in [6.45, 7) is 5.16. The van der Waals surface area contributed by atoms with Crippen LogP contribution in [0.15, 0.2) is 23.6 Å². The number of ether oxygens (including phenoxy) is 1. The van der Waals surface area contributed by atoms with E-state index in [1.54, 1.807) is 0 Å². The number of carbonyl (C=O) groups excluding carboxylic acids is 1. The zero-order valence-corrected chi connectivity index (χ0v) is 14.3. The lowest BCUT2D eigenvalue weighted by atomic mass is 9.81. The SMILES string of the molecule is C=C1C2=C(C(=O)N1OC)[C@H](O)[C@](O)(CO)[C@H](CCCCCCC)O2. The van der Waals surface area contributed by atoms with Crippen molar-refractivity contribution in [1.82, 2.24) is 5.06 Å². The summed E-state index contributed by atoms with van der Waals surface area (Å²) in [6, 6.07) is 0. The normalized spacial score (nSPS) is 30.0. The van der Waals surface area contributed by atoms with Crippen molar-refractivity contribution in [3.8, 4) is 0 Å². The highest BCUT2D eigenvalue weighted by molar-refractivity contribution is 6.00. The van der Waals surface area contributed by atoms with E-state index < -0.39 is 30.3 Å². The van der Waals surface area contributed by atoms with Crippen molar-refractivity contribution in [2.24, 2.45) is 0 Å². The van der Waals surface area contributed by atoms with Crippen molar-refractivity contribution in [2.45, 2.75) is 63.3 Å². The van der Waals surface area contributed by atoms with E-state index in [9.17, 15) is 20.1 Å². The molecule has 2 rings (SSSR count). The molecule has 7 heteroatoms. The van der Waals surface area contributed by atoms with Gasteiger partial charge in [-0.1, -0.05) is 39.2 Å². The van der Waals surface area contributed by atoms with Gasteiger partial charge < -0.3 is 20.1 Å². The number of rotatable bonds is 8. The zero-order valence-electron chi connectivity index (χ0n) is 14.3. The van der Waals surface area contributed by atoms with Gasteiger partial charge in [0.25, 0.3) is 5.91 Å². The molecule has 2 aliphatic heterocycles. The molecule has 2 aliphatic rings. The largest absolute Gasteiger partial charge is 0.484 e. The Kier molecular flexibility index (Phi) is 6.03. The molecule has 0 spiro atoms.